The maximum absolute atomic E-state index is 11.6. The predicted octanol–water partition coefficient (Wildman–Crippen LogP) is 2.66. The van der Waals surface area contributed by atoms with E-state index in [4.69, 9.17) is 10.5 Å². The van der Waals surface area contributed by atoms with Gasteiger partial charge in [-0.2, -0.15) is 0 Å². The molecule has 1 heterocycles. The van der Waals surface area contributed by atoms with E-state index in [-0.39, 0.29) is 5.56 Å². The molecule has 19 heavy (non-hydrogen) atoms. The van der Waals surface area contributed by atoms with Crippen LogP contribution in [0.1, 0.15) is 6.42 Å². The highest BCUT2D eigenvalue weighted by Crippen LogP contribution is 2.19. The van der Waals surface area contributed by atoms with Crippen molar-refractivity contribution < 1.29 is 4.74 Å². The van der Waals surface area contributed by atoms with E-state index in [1.165, 1.54) is 0 Å². The van der Waals surface area contributed by atoms with E-state index in [1.54, 1.807) is 29.0 Å². The van der Waals surface area contributed by atoms with Crippen LogP contribution >= 0.6 is 15.9 Å². The van der Waals surface area contributed by atoms with Crippen molar-refractivity contribution in [2.24, 2.45) is 0 Å². The molecular formula is C14H15BrN2O2. The van der Waals surface area contributed by atoms with Gasteiger partial charge in [0, 0.05) is 23.3 Å². The van der Waals surface area contributed by atoms with Crippen LogP contribution in [0, 0.1) is 0 Å². The summed E-state index contributed by atoms with van der Waals surface area (Å²) in [5.74, 6) is 0.684. The molecule has 0 spiro atoms. The van der Waals surface area contributed by atoms with Gasteiger partial charge in [0.1, 0.15) is 5.75 Å². The quantitative estimate of drug-likeness (QED) is 0.680. The first-order chi connectivity index (χ1) is 9.16. The molecule has 0 saturated carbocycles. The van der Waals surface area contributed by atoms with Gasteiger partial charge in [-0.25, -0.2) is 0 Å². The van der Waals surface area contributed by atoms with Crippen LogP contribution in [0.3, 0.4) is 0 Å². The Hall–Kier alpha value is -1.75. The number of rotatable bonds is 5. The van der Waals surface area contributed by atoms with Crippen molar-refractivity contribution in [1.82, 2.24) is 4.57 Å². The van der Waals surface area contributed by atoms with E-state index in [9.17, 15) is 4.79 Å². The highest BCUT2D eigenvalue weighted by atomic mass is 79.9. The maximum atomic E-state index is 11.6. The monoisotopic (exact) mass is 322 g/mol. The molecule has 0 aliphatic heterocycles. The molecule has 100 valence electrons. The highest BCUT2D eigenvalue weighted by molar-refractivity contribution is 9.10. The molecule has 2 rings (SSSR count). The number of aryl methyl sites for hydroxylation is 1. The number of hydrogen-bond acceptors (Lipinski definition) is 3. The van der Waals surface area contributed by atoms with Gasteiger partial charge in [0.15, 0.2) is 0 Å². The minimum Gasteiger partial charge on any atom is -0.491 e. The SMILES string of the molecule is Nc1ccccc1OCCCn1cc(Br)ccc1=O. The van der Waals surface area contributed by atoms with E-state index in [2.05, 4.69) is 15.9 Å². The standard InChI is InChI=1S/C14H15BrN2O2/c15-11-6-7-14(18)17(10-11)8-3-9-19-13-5-2-1-4-12(13)16/h1-2,4-7,10H,3,8-9,16H2. The number of anilines is 1. The first kappa shape index (κ1) is 13.7. The number of aromatic nitrogens is 1. The van der Waals surface area contributed by atoms with Crippen LogP contribution in [-0.2, 0) is 6.54 Å². The second-order valence-corrected chi connectivity index (χ2v) is 5.03. The average molecular weight is 323 g/mol. The summed E-state index contributed by atoms with van der Waals surface area (Å²) in [4.78, 5) is 11.6. The summed E-state index contributed by atoms with van der Waals surface area (Å²) in [6.07, 6.45) is 2.52. The molecule has 1 aromatic heterocycles. The summed E-state index contributed by atoms with van der Waals surface area (Å²) >= 11 is 3.34. The smallest absolute Gasteiger partial charge is 0.250 e. The van der Waals surface area contributed by atoms with Crippen molar-refractivity contribution in [3.8, 4) is 5.75 Å². The normalized spacial score (nSPS) is 10.4. The van der Waals surface area contributed by atoms with Gasteiger partial charge >= 0.3 is 0 Å². The molecule has 1 aromatic carbocycles. The lowest BCUT2D eigenvalue weighted by atomic mass is 10.3. The van der Waals surface area contributed by atoms with E-state index >= 15 is 0 Å². The third kappa shape index (κ3) is 3.86. The molecule has 2 N–H and O–H groups in total. The van der Waals surface area contributed by atoms with Crippen LogP contribution in [0.2, 0.25) is 0 Å². The molecule has 0 saturated heterocycles. The van der Waals surface area contributed by atoms with Gasteiger partial charge in [-0.05, 0) is 40.5 Å². The first-order valence-electron chi connectivity index (χ1n) is 6.00. The molecule has 5 heteroatoms. The zero-order valence-corrected chi connectivity index (χ0v) is 12.0. The highest BCUT2D eigenvalue weighted by Gasteiger charge is 2.00. The van der Waals surface area contributed by atoms with Crippen LogP contribution < -0.4 is 16.0 Å². The first-order valence-corrected chi connectivity index (χ1v) is 6.79. The second-order valence-electron chi connectivity index (χ2n) is 4.12. The molecule has 0 aliphatic rings. The molecule has 0 atom stereocenters. The van der Waals surface area contributed by atoms with Crippen LogP contribution in [-0.4, -0.2) is 11.2 Å². The van der Waals surface area contributed by atoms with E-state index in [0.717, 1.165) is 10.9 Å². The summed E-state index contributed by atoms with van der Waals surface area (Å²) in [7, 11) is 0. The largest absolute Gasteiger partial charge is 0.491 e. The average Bonchev–Trinajstić information content (AvgIpc) is 2.40. The molecular weight excluding hydrogens is 308 g/mol. The Morgan fingerprint density at radius 2 is 2.00 bits per heavy atom. The lowest BCUT2D eigenvalue weighted by molar-refractivity contribution is 0.302. The number of nitrogens with two attached hydrogens (primary N) is 1. The Labute approximate surface area is 119 Å². The number of para-hydroxylation sites is 2. The molecule has 0 fully saturated rings. The number of nitrogen functional groups attached to an aromatic ring is 1. The van der Waals surface area contributed by atoms with Crippen molar-refractivity contribution in [2.45, 2.75) is 13.0 Å². The van der Waals surface area contributed by atoms with Crippen LogP contribution in [0.25, 0.3) is 0 Å². The number of nitrogens with zero attached hydrogens (tertiary/aromatic N) is 1. The molecule has 0 radical (unpaired) electrons. The number of hydrogen-bond donors (Lipinski definition) is 1. The summed E-state index contributed by atoms with van der Waals surface area (Å²) in [5, 5.41) is 0. The van der Waals surface area contributed by atoms with Gasteiger partial charge in [-0.15, -0.1) is 0 Å². The second kappa shape index (κ2) is 6.43. The molecule has 2 aromatic rings. The number of benzene rings is 1. The Morgan fingerprint density at radius 1 is 1.21 bits per heavy atom. The zero-order chi connectivity index (χ0) is 13.7. The Kier molecular flexibility index (Phi) is 4.63. The fraction of sp³-hybridized carbons (Fsp3) is 0.214. The van der Waals surface area contributed by atoms with Crippen LogP contribution in [0.5, 0.6) is 5.75 Å². The fourth-order valence-electron chi connectivity index (χ4n) is 1.71. The van der Waals surface area contributed by atoms with Crippen LogP contribution in [0.4, 0.5) is 5.69 Å². The van der Waals surface area contributed by atoms with Crippen molar-refractivity contribution in [1.29, 1.82) is 0 Å². The van der Waals surface area contributed by atoms with Crippen molar-refractivity contribution in [3.05, 3.63) is 57.4 Å². The maximum Gasteiger partial charge on any atom is 0.250 e. The Bertz CT molecular complexity index is 610. The summed E-state index contributed by atoms with van der Waals surface area (Å²) in [6.45, 7) is 1.14. The minimum absolute atomic E-state index is 0.0116. The van der Waals surface area contributed by atoms with Gasteiger partial charge in [-0.1, -0.05) is 12.1 Å². The molecule has 4 nitrogen and oxygen atoms in total. The lowest BCUT2D eigenvalue weighted by Crippen LogP contribution is -2.19. The molecule has 0 aliphatic carbocycles. The van der Waals surface area contributed by atoms with Crippen molar-refractivity contribution >= 4 is 21.6 Å². The number of halogens is 1. The van der Waals surface area contributed by atoms with E-state index < -0.39 is 0 Å². The van der Waals surface area contributed by atoms with Crippen LogP contribution in [0.15, 0.2) is 51.9 Å². The third-order valence-corrected chi connectivity index (χ3v) is 3.14. The lowest BCUT2D eigenvalue weighted by Gasteiger charge is -2.09. The van der Waals surface area contributed by atoms with Gasteiger partial charge < -0.3 is 15.0 Å². The van der Waals surface area contributed by atoms with E-state index in [0.29, 0.717) is 24.6 Å². The topological polar surface area (TPSA) is 57.2 Å². The van der Waals surface area contributed by atoms with Gasteiger partial charge in [0.2, 0.25) is 0 Å². The van der Waals surface area contributed by atoms with Gasteiger partial charge in [-0.3, -0.25) is 4.79 Å². The minimum atomic E-state index is -0.0116. The van der Waals surface area contributed by atoms with Gasteiger partial charge in [0.25, 0.3) is 5.56 Å². The third-order valence-electron chi connectivity index (χ3n) is 2.67. The molecule has 0 amide bonds. The zero-order valence-electron chi connectivity index (χ0n) is 10.4. The number of ether oxygens (including phenoxy) is 1. The van der Waals surface area contributed by atoms with E-state index in [1.807, 2.05) is 18.2 Å². The predicted molar refractivity (Wildman–Crippen MR) is 79.4 cm³/mol. The Morgan fingerprint density at radius 3 is 2.79 bits per heavy atom. The summed E-state index contributed by atoms with van der Waals surface area (Å²) < 4.78 is 8.12. The summed E-state index contributed by atoms with van der Waals surface area (Å²) in [5.41, 5.74) is 6.39. The molecule has 0 unspecified atom stereocenters. The summed E-state index contributed by atoms with van der Waals surface area (Å²) in [6, 6.07) is 10.7. The van der Waals surface area contributed by atoms with Crippen molar-refractivity contribution in [2.75, 3.05) is 12.3 Å². The van der Waals surface area contributed by atoms with Crippen molar-refractivity contribution in [3.63, 3.8) is 0 Å². The Balaban J connectivity index is 1.86. The molecule has 0 bridgehead atoms. The fourth-order valence-corrected chi connectivity index (χ4v) is 2.09. The van der Waals surface area contributed by atoms with Gasteiger partial charge in [0.05, 0.1) is 12.3 Å². The number of pyridine rings is 1.